The molecule has 1 aromatic carbocycles. The molecule has 2 atom stereocenters. The Labute approximate surface area is 145 Å². The summed E-state index contributed by atoms with van der Waals surface area (Å²) in [6, 6.07) is 7.46. The number of benzene rings is 1. The van der Waals surface area contributed by atoms with Crippen LogP contribution in [0, 0.1) is 11.3 Å². The van der Waals surface area contributed by atoms with E-state index in [4.69, 9.17) is 0 Å². The van der Waals surface area contributed by atoms with Gasteiger partial charge in [-0.25, -0.2) is 0 Å². The minimum absolute atomic E-state index is 0.263. The van der Waals surface area contributed by atoms with Crippen molar-refractivity contribution in [2.24, 2.45) is 11.3 Å². The highest BCUT2D eigenvalue weighted by molar-refractivity contribution is 9.11. The van der Waals surface area contributed by atoms with Crippen molar-refractivity contribution in [1.29, 1.82) is 0 Å². The Balaban J connectivity index is 2.36. The Bertz CT molecular complexity index is 494. The maximum atomic E-state index is 3.76. The third-order valence-corrected chi connectivity index (χ3v) is 5.55. The molecule has 0 spiro atoms. The van der Waals surface area contributed by atoms with Gasteiger partial charge in [-0.05, 0) is 45.5 Å². The highest BCUT2D eigenvalue weighted by Crippen LogP contribution is 2.35. The van der Waals surface area contributed by atoms with Crippen molar-refractivity contribution in [3.05, 3.63) is 27.1 Å². The van der Waals surface area contributed by atoms with Crippen molar-refractivity contribution in [3.8, 4) is 0 Å². The Hall–Kier alpha value is -0.0600. The maximum Gasteiger partial charge on any atom is 0.0525 e. The monoisotopic (exact) mass is 416 g/mol. The van der Waals surface area contributed by atoms with Crippen molar-refractivity contribution in [2.45, 2.75) is 46.7 Å². The molecule has 0 aromatic heterocycles. The number of anilines is 1. The number of nitrogens with one attached hydrogen (secondary N) is 1. The third kappa shape index (κ3) is 4.02. The minimum Gasteiger partial charge on any atom is -0.364 e. The summed E-state index contributed by atoms with van der Waals surface area (Å²) in [5, 5.41) is 3.76. The zero-order valence-electron chi connectivity index (χ0n) is 13.6. The van der Waals surface area contributed by atoms with Gasteiger partial charge in [-0.3, -0.25) is 0 Å². The Morgan fingerprint density at radius 3 is 2.48 bits per heavy atom. The molecular formula is C17H26Br2N2. The molecule has 2 unspecified atom stereocenters. The van der Waals surface area contributed by atoms with Crippen molar-refractivity contribution in [1.82, 2.24) is 5.32 Å². The lowest BCUT2D eigenvalue weighted by Gasteiger charge is -2.48. The number of halogens is 2. The van der Waals surface area contributed by atoms with Crippen LogP contribution < -0.4 is 10.2 Å². The van der Waals surface area contributed by atoms with Gasteiger partial charge < -0.3 is 10.2 Å². The van der Waals surface area contributed by atoms with Crippen molar-refractivity contribution < 1.29 is 0 Å². The Morgan fingerprint density at radius 2 is 1.90 bits per heavy atom. The highest BCUT2D eigenvalue weighted by atomic mass is 79.9. The Morgan fingerprint density at radius 1 is 1.24 bits per heavy atom. The first kappa shape index (κ1) is 17.3. The molecule has 2 rings (SSSR count). The topological polar surface area (TPSA) is 15.3 Å². The lowest BCUT2D eigenvalue weighted by Crippen LogP contribution is -2.62. The zero-order valence-corrected chi connectivity index (χ0v) is 16.8. The van der Waals surface area contributed by atoms with E-state index in [0.29, 0.717) is 18.0 Å². The second-order valence-electron chi connectivity index (χ2n) is 7.39. The first-order chi connectivity index (χ1) is 9.70. The van der Waals surface area contributed by atoms with Crippen LogP contribution in [0.1, 0.15) is 34.6 Å². The Kier molecular flexibility index (Phi) is 5.43. The summed E-state index contributed by atoms with van der Waals surface area (Å²) in [6.45, 7) is 13.6. The van der Waals surface area contributed by atoms with Gasteiger partial charge in [0, 0.05) is 34.1 Å². The predicted molar refractivity (Wildman–Crippen MR) is 99.1 cm³/mol. The average molecular weight is 418 g/mol. The van der Waals surface area contributed by atoms with Crippen LogP contribution in [-0.2, 0) is 0 Å². The predicted octanol–water partition coefficient (Wildman–Crippen LogP) is 5.06. The molecule has 1 fully saturated rings. The van der Waals surface area contributed by atoms with Crippen LogP contribution in [0.5, 0.6) is 0 Å². The molecule has 1 aliphatic heterocycles. The molecule has 4 heteroatoms. The normalized spacial score (nSPS) is 23.7. The van der Waals surface area contributed by atoms with Crippen LogP contribution >= 0.6 is 31.9 Å². The molecule has 1 N–H and O–H groups in total. The molecule has 1 heterocycles. The average Bonchev–Trinajstić information content (AvgIpc) is 2.39. The summed E-state index contributed by atoms with van der Waals surface area (Å²) in [5.74, 6) is 0.615. The van der Waals surface area contributed by atoms with Gasteiger partial charge in [0.05, 0.1) is 5.69 Å². The van der Waals surface area contributed by atoms with Gasteiger partial charge >= 0.3 is 0 Å². The molecule has 0 aliphatic carbocycles. The standard InChI is InChI=1S/C17H26Br2N2/c1-11(2)15-9-20-16(17(3,4)5)10-21(15)14-8-12(18)6-7-13(14)19/h6-8,11,15-16,20H,9-10H2,1-5H3. The van der Waals surface area contributed by atoms with E-state index in [2.05, 4.69) is 94.9 Å². The first-order valence-electron chi connectivity index (χ1n) is 7.65. The SMILES string of the molecule is CC(C)C1CNC(C(C)(C)C)CN1c1cc(Br)ccc1Br. The van der Waals surface area contributed by atoms with Gasteiger partial charge in [0.2, 0.25) is 0 Å². The van der Waals surface area contributed by atoms with Gasteiger partial charge in [0.1, 0.15) is 0 Å². The van der Waals surface area contributed by atoms with Gasteiger partial charge in [0.15, 0.2) is 0 Å². The van der Waals surface area contributed by atoms with Crippen LogP contribution in [0.3, 0.4) is 0 Å². The van der Waals surface area contributed by atoms with Crippen molar-refractivity contribution in [3.63, 3.8) is 0 Å². The molecule has 1 aromatic rings. The summed E-state index contributed by atoms with van der Waals surface area (Å²) < 4.78 is 2.31. The van der Waals surface area contributed by atoms with Crippen LogP contribution in [-0.4, -0.2) is 25.2 Å². The molecular weight excluding hydrogens is 392 g/mol. The molecule has 0 bridgehead atoms. The van der Waals surface area contributed by atoms with Gasteiger partial charge in [-0.1, -0.05) is 50.5 Å². The van der Waals surface area contributed by atoms with E-state index in [1.807, 2.05) is 0 Å². The van der Waals surface area contributed by atoms with E-state index in [1.165, 1.54) is 10.2 Å². The van der Waals surface area contributed by atoms with Gasteiger partial charge in [-0.15, -0.1) is 0 Å². The van der Waals surface area contributed by atoms with E-state index in [1.54, 1.807) is 0 Å². The molecule has 118 valence electrons. The number of rotatable bonds is 2. The fraction of sp³-hybridized carbons (Fsp3) is 0.647. The summed E-state index contributed by atoms with van der Waals surface area (Å²) in [5.41, 5.74) is 1.55. The molecule has 0 radical (unpaired) electrons. The highest BCUT2D eigenvalue weighted by Gasteiger charge is 2.35. The number of piperazine rings is 1. The maximum absolute atomic E-state index is 3.76. The largest absolute Gasteiger partial charge is 0.364 e. The molecule has 1 aliphatic rings. The molecule has 21 heavy (non-hydrogen) atoms. The third-order valence-electron chi connectivity index (χ3n) is 4.39. The van der Waals surface area contributed by atoms with Crippen LogP contribution in [0.2, 0.25) is 0 Å². The molecule has 0 saturated carbocycles. The smallest absolute Gasteiger partial charge is 0.0525 e. The summed E-state index contributed by atoms with van der Waals surface area (Å²) in [4.78, 5) is 2.58. The quantitative estimate of drug-likeness (QED) is 0.723. The number of hydrogen-bond donors (Lipinski definition) is 1. The zero-order chi connectivity index (χ0) is 15.8. The van der Waals surface area contributed by atoms with Crippen molar-refractivity contribution in [2.75, 3.05) is 18.0 Å². The molecule has 2 nitrogen and oxygen atoms in total. The van der Waals surface area contributed by atoms with E-state index >= 15 is 0 Å². The fourth-order valence-electron chi connectivity index (χ4n) is 2.93. The number of hydrogen-bond acceptors (Lipinski definition) is 2. The van der Waals surface area contributed by atoms with E-state index in [-0.39, 0.29) is 5.41 Å². The van der Waals surface area contributed by atoms with Crippen molar-refractivity contribution >= 4 is 37.5 Å². The fourth-order valence-corrected chi connectivity index (χ4v) is 3.75. The van der Waals surface area contributed by atoms with E-state index < -0.39 is 0 Å². The van der Waals surface area contributed by atoms with Crippen LogP contribution in [0.15, 0.2) is 27.1 Å². The summed E-state index contributed by atoms with van der Waals surface area (Å²) in [7, 11) is 0. The summed E-state index contributed by atoms with van der Waals surface area (Å²) >= 11 is 7.34. The molecule has 0 amide bonds. The second kappa shape index (κ2) is 6.59. The minimum atomic E-state index is 0.263. The molecule has 1 saturated heterocycles. The van der Waals surface area contributed by atoms with Gasteiger partial charge in [-0.2, -0.15) is 0 Å². The lowest BCUT2D eigenvalue weighted by molar-refractivity contribution is 0.220. The lowest BCUT2D eigenvalue weighted by atomic mass is 9.83. The van der Waals surface area contributed by atoms with Gasteiger partial charge in [0.25, 0.3) is 0 Å². The van der Waals surface area contributed by atoms with E-state index in [9.17, 15) is 0 Å². The number of nitrogens with zero attached hydrogens (tertiary/aromatic N) is 1. The summed E-state index contributed by atoms with van der Waals surface area (Å²) in [6.07, 6.45) is 0. The second-order valence-corrected chi connectivity index (χ2v) is 9.16. The van der Waals surface area contributed by atoms with Crippen LogP contribution in [0.4, 0.5) is 5.69 Å². The van der Waals surface area contributed by atoms with E-state index in [0.717, 1.165) is 17.6 Å². The van der Waals surface area contributed by atoms with Crippen LogP contribution in [0.25, 0.3) is 0 Å². The first-order valence-corrected chi connectivity index (χ1v) is 9.24.